The molecule has 0 N–H and O–H groups in total. The molecule has 0 atom stereocenters. The average Bonchev–Trinajstić information content (AvgIpc) is 3.18. The van der Waals surface area contributed by atoms with Gasteiger partial charge in [0.2, 0.25) is 0 Å². The van der Waals surface area contributed by atoms with Crippen molar-refractivity contribution in [3.63, 3.8) is 0 Å². The fourth-order valence-corrected chi connectivity index (χ4v) is 3.56. The third kappa shape index (κ3) is 3.10. The molecule has 1 aliphatic heterocycles. The number of benzene rings is 3. The summed E-state index contributed by atoms with van der Waals surface area (Å²) in [5, 5.41) is 0. The van der Waals surface area contributed by atoms with Crippen LogP contribution in [0, 0.1) is 11.6 Å². The smallest absolute Gasteiger partial charge is 0.410 e. The number of carbonyl (C=O) groups excluding carboxylic acids is 1. The predicted octanol–water partition coefficient (Wildman–Crippen LogP) is 5.34. The van der Waals surface area contributed by atoms with Crippen LogP contribution in [0.2, 0.25) is 0 Å². The van der Waals surface area contributed by atoms with Crippen LogP contribution in [-0.2, 0) is 6.54 Å². The average molecular weight is 403 g/mol. The lowest BCUT2D eigenvalue weighted by atomic mass is 10.1. The minimum absolute atomic E-state index is 0.121. The number of halogens is 2. The molecule has 0 radical (unpaired) electrons. The summed E-state index contributed by atoms with van der Waals surface area (Å²) >= 11 is 0. The van der Waals surface area contributed by atoms with Gasteiger partial charge in [0, 0.05) is 11.6 Å². The highest BCUT2D eigenvalue weighted by Gasteiger charge is 2.30. The van der Waals surface area contributed by atoms with Gasteiger partial charge in [-0.25, -0.2) is 18.6 Å². The molecule has 0 spiro atoms. The van der Waals surface area contributed by atoms with Crippen molar-refractivity contribution in [3.05, 3.63) is 96.5 Å². The Bertz CT molecular complexity index is 1250. The van der Waals surface area contributed by atoms with Crippen molar-refractivity contribution in [2.24, 2.45) is 0 Å². The van der Waals surface area contributed by atoms with Gasteiger partial charge in [0.25, 0.3) is 0 Å². The SMILES string of the molecule is O=C(Oc1cccc(F)c1)N1Cc2c(-c3ccc(F)cc3)ncn2-c2ccccc21. The number of anilines is 1. The number of hydrogen-bond acceptors (Lipinski definition) is 3. The summed E-state index contributed by atoms with van der Waals surface area (Å²) in [5.74, 6) is -0.705. The van der Waals surface area contributed by atoms with Crippen LogP contribution >= 0.6 is 0 Å². The van der Waals surface area contributed by atoms with Gasteiger partial charge in [-0.3, -0.25) is 9.47 Å². The Balaban J connectivity index is 1.55. The molecule has 30 heavy (non-hydrogen) atoms. The highest BCUT2D eigenvalue weighted by Crippen LogP contribution is 2.36. The van der Waals surface area contributed by atoms with Gasteiger partial charge in [-0.15, -0.1) is 0 Å². The largest absolute Gasteiger partial charge is 0.420 e. The maximum atomic E-state index is 13.5. The zero-order chi connectivity index (χ0) is 20.7. The monoisotopic (exact) mass is 403 g/mol. The summed E-state index contributed by atoms with van der Waals surface area (Å²) in [6.45, 7) is 0.192. The molecule has 5 rings (SSSR count). The topological polar surface area (TPSA) is 47.4 Å². The fourth-order valence-electron chi connectivity index (χ4n) is 3.56. The van der Waals surface area contributed by atoms with E-state index in [2.05, 4.69) is 4.98 Å². The van der Waals surface area contributed by atoms with E-state index >= 15 is 0 Å². The zero-order valence-corrected chi connectivity index (χ0v) is 15.6. The zero-order valence-electron chi connectivity index (χ0n) is 15.6. The number of rotatable bonds is 2. The summed E-state index contributed by atoms with van der Waals surface area (Å²) in [5.41, 5.74) is 3.55. The Morgan fingerprint density at radius 2 is 1.67 bits per heavy atom. The molecular weight excluding hydrogens is 388 g/mol. The van der Waals surface area contributed by atoms with Crippen molar-refractivity contribution in [2.45, 2.75) is 6.54 Å². The first-order valence-corrected chi connectivity index (χ1v) is 9.26. The number of imidazole rings is 1. The molecule has 5 nitrogen and oxygen atoms in total. The van der Waals surface area contributed by atoms with E-state index in [1.54, 1.807) is 18.5 Å². The lowest BCUT2D eigenvalue weighted by molar-refractivity contribution is 0.206. The van der Waals surface area contributed by atoms with E-state index in [0.29, 0.717) is 11.4 Å². The number of ether oxygens (including phenoxy) is 1. The van der Waals surface area contributed by atoms with Gasteiger partial charge in [0.15, 0.2) is 0 Å². The Morgan fingerprint density at radius 3 is 2.43 bits per heavy atom. The molecule has 0 unspecified atom stereocenters. The van der Waals surface area contributed by atoms with Gasteiger partial charge >= 0.3 is 6.09 Å². The van der Waals surface area contributed by atoms with Crippen molar-refractivity contribution in [2.75, 3.05) is 4.90 Å². The number of fused-ring (bicyclic) bond motifs is 3. The summed E-state index contributed by atoms with van der Waals surface area (Å²) < 4.78 is 34.1. The number of carbonyl (C=O) groups is 1. The number of amides is 1. The lowest BCUT2D eigenvalue weighted by Crippen LogP contribution is -2.37. The number of para-hydroxylation sites is 2. The van der Waals surface area contributed by atoms with E-state index in [9.17, 15) is 13.6 Å². The maximum absolute atomic E-state index is 13.5. The Labute approximate surface area is 170 Å². The molecule has 1 aromatic heterocycles. The van der Waals surface area contributed by atoms with Gasteiger partial charge < -0.3 is 4.74 Å². The van der Waals surface area contributed by atoms with Gasteiger partial charge in [-0.2, -0.15) is 0 Å². The molecule has 2 heterocycles. The Kier molecular flexibility index (Phi) is 4.28. The molecular formula is C23H15F2N3O2. The van der Waals surface area contributed by atoms with Crippen LogP contribution in [0.25, 0.3) is 16.9 Å². The van der Waals surface area contributed by atoms with Crippen molar-refractivity contribution >= 4 is 11.8 Å². The normalized spacial score (nSPS) is 12.3. The molecule has 7 heteroatoms. The van der Waals surface area contributed by atoms with Crippen molar-refractivity contribution < 1.29 is 18.3 Å². The van der Waals surface area contributed by atoms with Gasteiger partial charge in [-0.05, 0) is 48.5 Å². The number of nitrogens with zero attached hydrogens (tertiary/aromatic N) is 3. The molecule has 1 amide bonds. The highest BCUT2D eigenvalue weighted by molar-refractivity contribution is 5.93. The van der Waals surface area contributed by atoms with Crippen LogP contribution in [0.3, 0.4) is 0 Å². The predicted molar refractivity (Wildman–Crippen MR) is 108 cm³/mol. The van der Waals surface area contributed by atoms with E-state index in [4.69, 9.17) is 4.74 Å². The van der Waals surface area contributed by atoms with Gasteiger partial charge in [0.1, 0.15) is 23.7 Å². The first-order valence-electron chi connectivity index (χ1n) is 9.26. The maximum Gasteiger partial charge on any atom is 0.420 e. The molecule has 3 aromatic carbocycles. The van der Waals surface area contributed by atoms with Crippen LogP contribution in [0.1, 0.15) is 5.69 Å². The second-order valence-electron chi connectivity index (χ2n) is 6.82. The summed E-state index contributed by atoms with van der Waals surface area (Å²) in [6, 6.07) is 18.8. The molecule has 0 saturated carbocycles. The number of hydrogen-bond donors (Lipinski definition) is 0. The van der Waals surface area contributed by atoms with Crippen LogP contribution in [-0.4, -0.2) is 15.6 Å². The third-order valence-corrected chi connectivity index (χ3v) is 4.95. The summed E-state index contributed by atoms with van der Waals surface area (Å²) in [4.78, 5) is 18.9. The Morgan fingerprint density at radius 1 is 0.900 bits per heavy atom. The molecule has 0 bridgehead atoms. The standard InChI is InChI=1S/C23H15F2N3O2/c24-16-10-8-15(9-11-16)22-21-13-27(23(29)30-18-5-3-4-17(25)12-18)19-6-1-2-7-20(19)28(21)14-26-22/h1-12,14H,13H2. The van der Waals surface area contributed by atoms with Crippen LogP contribution in [0.5, 0.6) is 5.75 Å². The van der Waals surface area contributed by atoms with E-state index in [1.165, 1.54) is 35.2 Å². The minimum atomic E-state index is -0.634. The second-order valence-corrected chi connectivity index (χ2v) is 6.82. The molecule has 4 aromatic rings. The molecule has 0 saturated heterocycles. The first kappa shape index (κ1) is 18.1. The van der Waals surface area contributed by atoms with Crippen LogP contribution in [0.15, 0.2) is 79.1 Å². The summed E-state index contributed by atoms with van der Waals surface area (Å²) in [7, 11) is 0. The van der Waals surface area contributed by atoms with Gasteiger partial charge in [-0.1, -0.05) is 18.2 Å². The van der Waals surface area contributed by atoms with E-state index in [1.807, 2.05) is 28.8 Å². The Hall–Kier alpha value is -4.00. The highest BCUT2D eigenvalue weighted by atomic mass is 19.1. The molecule has 0 fully saturated rings. The van der Waals surface area contributed by atoms with Crippen molar-refractivity contribution in [3.8, 4) is 22.7 Å². The van der Waals surface area contributed by atoms with E-state index in [-0.39, 0.29) is 18.1 Å². The molecule has 0 aliphatic carbocycles. The number of aromatic nitrogens is 2. The summed E-state index contributed by atoms with van der Waals surface area (Å²) in [6.07, 6.45) is 1.05. The fraction of sp³-hybridized carbons (Fsp3) is 0.0435. The van der Waals surface area contributed by atoms with Gasteiger partial charge in [0.05, 0.1) is 29.3 Å². The quantitative estimate of drug-likeness (QED) is 0.454. The lowest BCUT2D eigenvalue weighted by Gasteiger charge is -2.30. The third-order valence-electron chi connectivity index (χ3n) is 4.95. The first-order chi connectivity index (χ1) is 14.6. The van der Waals surface area contributed by atoms with Crippen LogP contribution in [0.4, 0.5) is 19.3 Å². The molecule has 1 aliphatic rings. The molecule has 148 valence electrons. The van der Waals surface area contributed by atoms with Crippen molar-refractivity contribution in [1.82, 2.24) is 9.55 Å². The van der Waals surface area contributed by atoms with Crippen LogP contribution < -0.4 is 9.64 Å². The van der Waals surface area contributed by atoms with E-state index in [0.717, 1.165) is 23.0 Å². The van der Waals surface area contributed by atoms with Crippen molar-refractivity contribution in [1.29, 1.82) is 0 Å². The van der Waals surface area contributed by atoms with E-state index < -0.39 is 11.9 Å². The minimum Gasteiger partial charge on any atom is -0.410 e. The second kappa shape index (κ2) is 7.11.